The summed E-state index contributed by atoms with van der Waals surface area (Å²) in [6.07, 6.45) is 5.78. The van der Waals surface area contributed by atoms with Crippen molar-refractivity contribution in [2.45, 2.75) is 24.4 Å². The van der Waals surface area contributed by atoms with Gasteiger partial charge in [-0.2, -0.15) is 5.10 Å². The van der Waals surface area contributed by atoms with Crippen molar-refractivity contribution in [1.82, 2.24) is 19.7 Å². The van der Waals surface area contributed by atoms with Crippen LogP contribution in [0.3, 0.4) is 0 Å². The Morgan fingerprint density at radius 1 is 1.47 bits per heavy atom. The molecule has 7 nitrogen and oxygen atoms in total. The number of aromatic nitrogens is 4. The van der Waals surface area contributed by atoms with Crippen LogP contribution in [0.1, 0.15) is 6.92 Å². The molecule has 0 bridgehead atoms. The topological polar surface area (TPSA) is 89.8 Å². The molecule has 0 amide bonds. The lowest BCUT2D eigenvalue weighted by Gasteiger charge is -2.16. The van der Waals surface area contributed by atoms with E-state index in [9.17, 15) is 8.42 Å². The molecule has 1 N–H and O–H groups in total. The molecule has 1 unspecified atom stereocenters. The number of sulfone groups is 1. The fourth-order valence-corrected chi connectivity index (χ4v) is 2.47. The molecular weight excluding hydrogens is 266 g/mol. The fraction of sp³-hybridized carbons (Fsp3) is 0.364. The summed E-state index contributed by atoms with van der Waals surface area (Å²) >= 11 is 0. The Labute approximate surface area is 111 Å². The first kappa shape index (κ1) is 13.5. The second kappa shape index (κ2) is 5.35. The molecule has 0 radical (unpaired) electrons. The average Bonchev–Trinajstić information content (AvgIpc) is 2.81. The quantitative estimate of drug-likeness (QED) is 0.862. The van der Waals surface area contributed by atoms with Gasteiger partial charge in [0.05, 0.1) is 6.54 Å². The van der Waals surface area contributed by atoms with E-state index in [1.165, 1.54) is 12.4 Å². The predicted octanol–water partition coefficient (Wildman–Crippen LogP) is 0.577. The first-order chi connectivity index (χ1) is 8.97. The van der Waals surface area contributed by atoms with Crippen molar-refractivity contribution >= 4 is 15.7 Å². The van der Waals surface area contributed by atoms with Gasteiger partial charge in [0, 0.05) is 18.5 Å². The second-order valence-corrected chi connectivity index (χ2v) is 6.27. The van der Waals surface area contributed by atoms with Gasteiger partial charge in [0.25, 0.3) is 0 Å². The Balaban J connectivity index is 2.15. The van der Waals surface area contributed by atoms with Gasteiger partial charge in [-0.3, -0.25) is 4.68 Å². The van der Waals surface area contributed by atoms with Crippen molar-refractivity contribution in [2.75, 3.05) is 11.6 Å². The van der Waals surface area contributed by atoms with Gasteiger partial charge >= 0.3 is 0 Å². The molecule has 0 saturated heterocycles. The highest BCUT2D eigenvalue weighted by Gasteiger charge is 2.15. The van der Waals surface area contributed by atoms with Gasteiger partial charge in [-0.1, -0.05) is 0 Å². The van der Waals surface area contributed by atoms with E-state index in [1.807, 2.05) is 6.92 Å². The number of pyridine rings is 1. The van der Waals surface area contributed by atoms with Gasteiger partial charge in [-0.15, -0.1) is 0 Å². The van der Waals surface area contributed by atoms with Crippen molar-refractivity contribution in [3.05, 3.63) is 31.0 Å². The van der Waals surface area contributed by atoms with Gasteiger partial charge < -0.3 is 5.32 Å². The van der Waals surface area contributed by atoms with Crippen LogP contribution in [0.5, 0.6) is 0 Å². The standard InChI is InChI=1S/C11H15N5O2S/c1-9(6-16-8-12-7-14-16)15-11-10(19(2,17)18)4-3-5-13-11/h3-5,7-9H,6H2,1-2H3,(H,13,15). The van der Waals surface area contributed by atoms with Crippen molar-refractivity contribution in [3.8, 4) is 0 Å². The third kappa shape index (κ3) is 3.50. The number of nitrogens with zero attached hydrogens (tertiary/aromatic N) is 4. The summed E-state index contributed by atoms with van der Waals surface area (Å²) in [7, 11) is -3.30. The van der Waals surface area contributed by atoms with Crippen LogP contribution in [0, 0.1) is 0 Å². The molecule has 0 aromatic carbocycles. The van der Waals surface area contributed by atoms with E-state index >= 15 is 0 Å². The molecule has 0 aliphatic rings. The maximum atomic E-state index is 11.6. The zero-order valence-corrected chi connectivity index (χ0v) is 11.5. The Bertz CT molecular complexity index is 639. The van der Waals surface area contributed by atoms with Crippen molar-refractivity contribution in [3.63, 3.8) is 0 Å². The Kier molecular flexibility index (Phi) is 3.79. The minimum Gasteiger partial charge on any atom is -0.365 e. The molecule has 102 valence electrons. The van der Waals surface area contributed by atoms with Crippen LogP contribution in [-0.4, -0.2) is 40.5 Å². The van der Waals surface area contributed by atoms with Crippen LogP contribution in [0.15, 0.2) is 35.9 Å². The number of hydrogen-bond donors (Lipinski definition) is 1. The van der Waals surface area contributed by atoms with E-state index in [0.29, 0.717) is 12.4 Å². The second-order valence-electron chi connectivity index (χ2n) is 4.29. The zero-order chi connectivity index (χ0) is 13.9. The number of nitrogens with one attached hydrogen (secondary N) is 1. The van der Waals surface area contributed by atoms with Gasteiger partial charge in [-0.25, -0.2) is 18.4 Å². The van der Waals surface area contributed by atoms with Crippen molar-refractivity contribution in [2.24, 2.45) is 0 Å². The molecule has 2 rings (SSSR count). The van der Waals surface area contributed by atoms with E-state index in [-0.39, 0.29) is 10.9 Å². The van der Waals surface area contributed by atoms with E-state index in [2.05, 4.69) is 20.4 Å². The van der Waals surface area contributed by atoms with Crippen LogP contribution in [0.4, 0.5) is 5.82 Å². The lowest BCUT2D eigenvalue weighted by Crippen LogP contribution is -2.24. The largest absolute Gasteiger partial charge is 0.365 e. The van der Waals surface area contributed by atoms with E-state index in [1.54, 1.807) is 23.3 Å². The summed E-state index contributed by atoms with van der Waals surface area (Å²) in [6, 6.07) is 3.10. The fourth-order valence-electron chi connectivity index (χ4n) is 1.68. The van der Waals surface area contributed by atoms with E-state index in [4.69, 9.17) is 0 Å². The molecule has 19 heavy (non-hydrogen) atoms. The summed E-state index contributed by atoms with van der Waals surface area (Å²) < 4.78 is 25.0. The van der Waals surface area contributed by atoms with Gasteiger partial charge in [0.15, 0.2) is 9.84 Å². The molecule has 0 aliphatic heterocycles. The van der Waals surface area contributed by atoms with Gasteiger partial charge in [0.2, 0.25) is 0 Å². The lowest BCUT2D eigenvalue weighted by atomic mass is 10.3. The minimum atomic E-state index is -3.30. The predicted molar refractivity (Wildman–Crippen MR) is 70.5 cm³/mol. The highest BCUT2D eigenvalue weighted by Crippen LogP contribution is 2.18. The summed E-state index contributed by atoms with van der Waals surface area (Å²) in [6.45, 7) is 2.49. The number of hydrogen-bond acceptors (Lipinski definition) is 6. The third-order valence-corrected chi connectivity index (χ3v) is 3.61. The summed E-state index contributed by atoms with van der Waals surface area (Å²) in [5.41, 5.74) is 0. The molecule has 2 aromatic heterocycles. The maximum absolute atomic E-state index is 11.6. The number of rotatable bonds is 5. The Morgan fingerprint density at radius 3 is 2.89 bits per heavy atom. The highest BCUT2D eigenvalue weighted by atomic mass is 32.2. The summed E-state index contributed by atoms with van der Waals surface area (Å²) in [5, 5.41) is 7.07. The first-order valence-electron chi connectivity index (χ1n) is 5.71. The van der Waals surface area contributed by atoms with Gasteiger partial charge in [0.1, 0.15) is 23.4 Å². The first-order valence-corrected chi connectivity index (χ1v) is 7.60. The van der Waals surface area contributed by atoms with Crippen LogP contribution in [0.2, 0.25) is 0 Å². The highest BCUT2D eigenvalue weighted by molar-refractivity contribution is 7.90. The Hall–Kier alpha value is -1.96. The Morgan fingerprint density at radius 2 is 2.26 bits per heavy atom. The molecule has 2 heterocycles. The van der Waals surface area contributed by atoms with Crippen molar-refractivity contribution in [1.29, 1.82) is 0 Å². The summed E-state index contributed by atoms with van der Waals surface area (Å²) in [5.74, 6) is 0.359. The van der Waals surface area contributed by atoms with Crippen LogP contribution in [0.25, 0.3) is 0 Å². The van der Waals surface area contributed by atoms with Crippen LogP contribution in [-0.2, 0) is 16.4 Å². The van der Waals surface area contributed by atoms with Gasteiger partial charge in [-0.05, 0) is 19.1 Å². The van der Waals surface area contributed by atoms with Crippen molar-refractivity contribution < 1.29 is 8.42 Å². The maximum Gasteiger partial charge on any atom is 0.179 e. The number of anilines is 1. The van der Waals surface area contributed by atoms with E-state index in [0.717, 1.165) is 6.26 Å². The average molecular weight is 281 g/mol. The normalized spacial score (nSPS) is 13.2. The third-order valence-electron chi connectivity index (χ3n) is 2.48. The van der Waals surface area contributed by atoms with Crippen LogP contribution >= 0.6 is 0 Å². The molecule has 0 spiro atoms. The minimum absolute atomic E-state index is 0.0305. The monoisotopic (exact) mass is 281 g/mol. The lowest BCUT2D eigenvalue weighted by molar-refractivity contribution is 0.557. The molecule has 8 heteroatoms. The SMILES string of the molecule is CC(Cn1cncn1)Nc1ncccc1S(C)(=O)=O. The molecule has 0 saturated carbocycles. The van der Waals surface area contributed by atoms with Crippen LogP contribution < -0.4 is 5.32 Å². The summed E-state index contributed by atoms with van der Waals surface area (Å²) in [4.78, 5) is 8.13. The molecule has 0 fully saturated rings. The molecule has 0 aliphatic carbocycles. The smallest absolute Gasteiger partial charge is 0.179 e. The molecule has 2 aromatic rings. The molecule has 1 atom stereocenters. The van der Waals surface area contributed by atoms with E-state index < -0.39 is 9.84 Å². The molecular formula is C11H15N5O2S. The zero-order valence-electron chi connectivity index (χ0n) is 10.7.